The molecule has 0 bridgehead atoms. The highest BCUT2D eigenvalue weighted by atomic mass is 32.2. The Balaban J connectivity index is 2.04. The number of thiophene rings is 1. The molecular formula is C19H21N3O3S2. The van der Waals surface area contributed by atoms with E-state index in [1.54, 1.807) is 48.5 Å². The van der Waals surface area contributed by atoms with Gasteiger partial charge in [-0.3, -0.25) is 14.3 Å². The van der Waals surface area contributed by atoms with Crippen LogP contribution in [0.1, 0.15) is 16.1 Å². The Morgan fingerprint density at radius 1 is 1.33 bits per heavy atom. The molecule has 0 amide bonds. The number of allylic oxidation sites excluding steroid dienone is 1. The van der Waals surface area contributed by atoms with Crippen LogP contribution < -0.4 is 15.0 Å². The van der Waals surface area contributed by atoms with Crippen LogP contribution in [0.15, 0.2) is 34.9 Å². The van der Waals surface area contributed by atoms with Gasteiger partial charge in [0.25, 0.3) is 5.56 Å². The minimum Gasteiger partial charge on any atom is -0.493 e. The molecule has 0 aromatic carbocycles. The van der Waals surface area contributed by atoms with Gasteiger partial charge < -0.3 is 9.47 Å². The fourth-order valence-corrected chi connectivity index (χ4v) is 4.81. The third kappa shape index (κ3) is 3.59. The normalized spacial score (nSPS) is 11.0. The maximum Gasteiger partial charge on any atom is 0.263 e. The molecule has 0 fully saturated rings. The van der Waals surface area contributed by atoms with Crippen LogP contribution in [0.5, 0.6) is 11.5 Å². The fraction of sp³-hybridized carbons (Fsp3) is 0.316. The zero-order valence-corrected chi connectivity index (χ0v) is 17.4. The number of nitrogens with zero attached hydrogens (tertiary/aromatic N) is 3. The number of aryl methyl sites for hydroxylation is 2. The standard InChI is InChI=1S/C19H21N3O3S2/c1-6-9-22-18(23)15-11(2)12(3)27-17(15)21-19(22)26-10-13-16(25-5)14(24-4)7-8-20-13/h6-8H,1,9-10H2,2-5H3. The van der Waals surface area contributed by atoms with Gasteiger partial charge in [0, 0.05) is 29.4 Å². The molecule has 0 aliphatic heterocycles. The van der Waals surface area contributed by atoms with Crippen molar-refractivity contribution in [1.29, 1.82) is 0 Å². The summed E-state index contributed by atoms with van der Waals surface area (Å²) in [5.41, 5.74) is 1.70. The van der Waals surface area contributed by atoms with Gasteiger partial charge in [-0.25, -0.2) is 4.98 Å². The first-order valence-corrected chi connectivity index (χ1v) is 10.1. The van der Waals surface area contributed by atoms with Gasteiger partial charge in [-0.15, -0.1) is 17.9 Å². The summed E-state index contributed by atoms with van der Waals surface area (Å²) in [7, 11) is 3.18. The van der Waals surface area contributed by atoms with Crippen molar-refractivity contribution in [2.45, 2.75) is 31.3 Å². The lowest BCUT2D eigenvalue weighted by Gasteiger charge is -2.13. The highest BCUT2D eigenvalue weighted by Gasteiger charge is 2.18. The number of methoxy groups -OCH3 is 2. The maximum atomic E-state index is 13.0. The van der Waals surface area contributed by atoms with Gasteiger partial charge in [-0.1, -0.05) is 17.8 Å². The first-order valence-electron chi connectivity index (χ1n) is 8.31. The Labute approximate surface area is 165 Å². The summed E-state index contributed by atoms with van der Waals surface area (Å²) < 4.78 is 12.4. The second-order valence-corrected chi connectivity index (χ2v) is 7.99. The van der Waals surface area contributed by atoms with E-state index in [1.165, 1.54) is 11.8 Å². The minimum absolute atomic E-state index is 0.0326. The quantitative estimate of drug-likeness (QED) is 0.338. The lowest BCUT2D eigenvalue weighted by Crippen LogP contribution is -2.22. The molecule has 6 nitrogen and oxygen atoms in total. The molecule has 0 N–H and O–H groups in total. The summed E-state index contributed by atoms with van der Waals surface area (Å²) in [4.78, 5) is 24.0. The Kier molecular flexibility index (Phi) is 5.86. The number of aromatic nitrogens is 3. The van der Waals surface area contributed by atoms with Gasteiger partial charge in [-0.05, 0) is 19.4 Å². The summed E-state index contributed by atoms with van der Waals surface area (Å²) in [6.07, 6.45) is 3.38. The van der Waals surface area contributed by atoms with Crippen molar-refractivity contribution < 1.29 is 9.47 Å². The molecule has 0 spiro atoms. The Morgan fingerprint density at radius 3 is 2.78 bits per heavy atom. The molecule has 3 aromatic rings. The molecule has 0 aliphatic rings. The molecule has 0 radical (unpaired) electrons. The van der Waals surface area contributed by atoms with Gasteiger partial charge in [0.05, 0.1) is 25.3 Å². The van der Waals surface area contributed by atoms with Gasteiger partial charge >= 0.3 is 0 Å². The average molecular weight is 404 g/mol. The second-order valence-electron chi connectivity index (χ2n) is 5.84. The molecule has 8 heteroatoms. The number of hydrogen-bond acceptors (Lipinski definition) is 7. The van der Waals surface area contributed by atoms with Crippen LogP contribution in [0, 0.1) is 13.8 Å². The van der Waals surface area contributed by atoms with Crippen molar-refractivity contribution in [1.82, 2.24) is 14.5 Å². The lowest BCUT2D eigenvalue weighted by molar-refractivity contribution is 0.350. The van der Waals surface area contributed by atoms with Crippen LogP contribution in [0.4, 0.5) is 0 Å². The molecule has 0 saturated carbocycles. The van der Waals surface area contributed by atoms with Crippen LogP contribution in [-0.4, -0.2) is 28.8 Å². The van der Waals surface area contributed by atoms with E-state index in [-0.39, 0.29) is 5.56 Å². The first-order chi connectivity index (χ1) is 13.0. The number of fused-ring (bicyclic) bond motifs is 1. The van der Waals surface area contributed by atoms with Crippen molar-refractivity contribution in [3.8, 4) is 11.5 Å². The van der Waals surface area contributed by atoms with Crippen molar-refractivity contribution >= 4 is 33.3 Å². The minimum atomic E-state index is -0.0326. The van der Waals surface area contributed by atoms with Crippen molar-refractivity contribution in [2.75, 3.05) is 14.2 Å². The third-order valence-electron chi connectivity index (χ3n) is 4.27. The molecule has 0 saturated heterocycles. The summed E-state index contributed by atoms with van der Waals surface area (Å²) >= 11 is 2.99. The highest BCUT2D eigenvalue weighted by Crippen LogP contribution is 2.34. The summed E-state index contributed by atoms with van der Waals surface area (Å²) in [6, 6.07) is 1.75. The number of pyridine rings is 1. The topological polar surface area (TPSA) is 66.2 Å². The molecule has 142 valence electrons. The largest absolute Gasteiger partial charge is 0.493 e. The fourth-order valence-electron chi connectivity index (χ4n) is 2.80. The molecule has 27 heavy (non-hydrogen) atoms. The number of ether oxygens (including phenoxy) is 2. The predicted octanol–water partition coefficient (Wildman–Crippen LogP) is 3.97. The van der Waals surface area contributed by atoms with E-state index in [1.807, 2.05) is 13.8 Å². The van der Waals surface area contributed by atoms with Crippen molar-refractivity contribution in [3.63, 3.8) is 0 Å². The highest BCUT2D eigenvalue weighted by molar-refractivity contribution is 7.98. The van der Waals surface area contributed by atoms with Crippen molar-refractivity contribution in [2.24, 2.45) is 0 Å². The van der Waals surface area contributed by atoms with E-state index in [0.717, 1.165) is 21.0 Å². The van der Waals surface area contributed by atoms with Gasteiger partial charge in [0.1, 0.15) is 4.83 Å². The summed E-state index contributed by atoms with van der Waals surface area (Å²) in [5, 5.41) is 1.33. The zero-order chi connectivity index (χ0) is 19.6. The van der Waals surface area contributed by atoms with Crippen LogP contribution in [-0.2, 0) is 12.3 Å². The summed E-state index contributed by atoms with van der Waals surface area (Å²) in [5.74, 6) is 1.72. The molecule has 0 aliphatic carbocycles. The van der Waals surface area contributed by atoms with Gasteiger partial charge in [0.2, 0.25) is 0 Å². The van der Waals surface area contributed by atoms with Crippen LogP contribution >= 0.6 is 23.1 Å². The van der Waals surface area contributed by atoms with Crippen LogP contribution in [0.25, 0.3) is 10.2 Å². The van der Waals surface area contributed by atoms with E-state index >= 15 is 0 Å². The van der Waals surface area contributed by atoms with E-state index < -0.39 is 0 Å². The average Bonchev–Trinajstić information content (AvgIpc) is 2.96. The number of thioether (sulfide) groups is 1. The van der Waals surface area contributed by atoms with Gasteiger partial charge in [-0.2, -0.15) is 0 Å². The first kappa shape index (κ1) is 19.4. The molecule has 3 rings (SSSR count). The van der Waals surface area contributed by atoms with E-state index in [0.29, 0.717) is 34.3 Å². The Bertz CT molecular complexity index is 1060. The van der Waals surface area contributed by atoms with E-state index in [4.69, 9.17) is 14.5 Å². The maximum absolute atomic E-state index is 13.0. The van der Waals surface area contributed by atoms with E-state index in [9.17, 15) is 4.79 Å². The molecular weight excluding hydrogens is 382 g/mol. The third-order valence-corrected chi connectivity index (χ3v) is 6.36. The smallest absolute Gasteiger partial charge is 0.263 e. The molecule has 3 heterocycles. The number of hydrogen-bond donors (Lipinski definition) is 0. The Hall–Kier alpha value is -2.32. The van der Waals surface area contributed by atoms with E-state index in [2.05, 4.69) is 11.6 Å². The van der Waals surface area contributed by atoms with Gasteiger partial charge in [0.15, 0.2) is 16.7 Å². The van der Waals surface area contributed by atoms with Crippen LogP contribution in [0.3, 0.4) is 0 Å². The van der Waals surface area contributed by atoms with Crippen molar-refractivity contribution in [3.05, 3.63) is 51.4 Å². The molecule has 0 atom stereocenters. The second kappa shape index (κ2) is 8.14. The summed E-state index contributed by atoms with van der Waals surface area (Å²) in [6.45, 7) is 8.15. The zero-order valence-electron chi connectivity index (χ0n) is 15.7. The molecule has 3 aromatic heterocycles. The lowest BCUT2D eigenvalue weighted by atomic mass is 10.2. The SMILES string of the molecule is C=CCn1c(SCc2nccc(OC)c2OC)nc2sc(C)c(C)c2c1=O. The van der Waals surface area contributed by atoms with Crippen LogP contribution in [0.2, 0.25) is 0 Å². The number of rotatable bonds is 7. The monoisotopic (exact) mass is 403 g/mol. The Morgan fingerprint density at radius 2 is 2.11 bits per heavy atom. The predicted molar refractivity (Wildman–Crippen MR) is 110 cm³/mol. The molecule has 0 unspecified atom stereocenters.